The van der Waals surface area contributed by atoms with Crippen LogP contribution >= 0.6 is 0 Å². The molecule has 0 aromatic carbocycles. The molecule has 0 radical (unpaired) electrons. The molecule has 4 nitrogen and oxygen atoms in total. The molecule has 3 rings (SSSR count). The van der Waals surface area contributed by atoms with Crippen LogP contribution in [0.2, 0.25) is 0 Å². The Morgan fingerprint density at radius 2 is 0.725 bits per heavy atom. The molecule has 0 bridgehead atoms. The van der Waals surface area contributed by atoms with Gasteiger partial charge in [0.2, 0.25) is 0 Å². The van der Waals surface area contributed by atoms with Gasteiger partial charge in [-0.05, 0) is 73.4 Å². The third-order valence-corrected chi connectivity index (χ3v) is 7.89. The molecule has 0 spiro atoms. The summed E-state index contributed by atoms with van der Waals surface area (Å²) in [6.07, 6.45) is 27.9. The predicted molar refractivity (Wildman–Crippen MR) is 172 cm³/mol. The van der Waals surface area contributed by atoms with Crippen LogP contribution in [0.15, 0.2) is 55.0 Å². The number of anilines is 3. The first kappa shape index (κ1) is 31.8. The molecule has 0 unspecified atom stereocenters. The summed E-state index contributed by atoms with van der Waals surface area (Å²) in [4.78, 5) is 17.3. The van der Waals surface area contributed by atoms with Crippen molar-refractivity contribution < 1.29 is 0 Å². The third-order valence-electron chi connectivity index (χ3n) is 7.89. The fourth-order valence-corrected chi connectivity index (χ4v) is 5.54. The van der Waals surface area contributed by atoms with Gasteiger partial charge in [0.25, 0.3) is 0 Å². The molecule has 40 heavy (non-hydrogen) atoms. The first-order valence-corrected chi connectivity index (χ1v) is 16.4. The van der Waals surface area contributed by atoms with Gasteiger partial charge >= 0.3 is 0 Å². The summed E-state index contributed by atoms with van der Waals surface area (Å²) in [6.45, 7) is 6.83. The Morgan fingerprint density at radius 3 is 1.02 bits per heavy atom. The number of rotatable bonds is 21. The lowest BCUT2D eigenvalue weighted by Crippen LogP contribution is -2.20. The molecule has 0 aliphatic rings. The minimum Gasteiger partial charge on any atom is -0.262 e. The lowest BCUT2D eigenvalue weighted by molar-refractivity contribution is 0.629. The molecule has 3 heterocycles. The molecule has 0 saturated carbocycles. The zero-order chi connectivity index (χ0) is 28.3. The van der Waals surface area contributed by atoms with Crippen molar-refractivity contribution in [2.75, 3.05) is 4.90 Å². The van der Waals surface area contributed by atoms with E-state index in [0.29, 0.717) is 0 Å². The van der Waals surface area contributed by atoms with Gasteiger partial charge in [-0.3, -0.25) is 4.90 Å². The van der Waals surface area contributed by atoms with Crippen molar-refractivity contribution in [1.82, 2.24) is 15.0 Å². The maximum absolute atomic E-state index is 5.02. The zero-order valence-electron chi connectivity index (χ0n) is 25.7. The van der Waals surface area contributed by atoms with E-state index in [1.54, 1.807) is 0 Å². The number of unbranched alkanes of at least 4 members (excludes halogenated alkanes) is 12. The topological polar surface area (TPSA) is 41.9 Å². The summed E-state index contributed by atoms with van der Waals surface area (Å²) < 4.78 is 0. The predicted octanol–water partition coefficient (Wildman–Crippen LogP) is 10.9. The van der Waals surface area contributed by atoms with Crippen molar-refractivity contribution in [3.05, 3.63) is 71.7 Å². The second-order valence-corrected chi connectivity index (χ2v) is 11.3. The van der Waals surface area contributed by atoms with E-state index in [2.05, 4.69) is 62.1 Å². The maximum atomic E-state index is 5.02. The maximum Gasteiger partial charge on any atom is 0.143 e. The summed E-state index contributed by atoms with van der Waals surface area (Å²) in [6, 6.07) is 13.0. The monoisotopic (exact) mass is 542 g/mol. The molecule has 0 aliphatic carbocycles. The SMILES string of the molecule is CCCCCCCc1cccnc1N(c1ncccc1CCCCCCC)c1ncccc1CCCCCCC. The van der Waals surface area contributed by atoms with Crippen molar-refractivity contribution in [2.45, 2.75) is 136 Å². The van der Waals surface area contributed by atoms with Crippen LogP contribution < -0.4 is 4.90 Å². The lowest BCUT2D eigenvalue weighted by atomic mass is 10.0. The summed E-state index contributed by atoms with van der Waals surface area (Å²) in [5.41, 5.74) is 3.87. The average Bonchev–Trinajstić information content (AvgIpc) is 2.99. The van der Waals surface area contributed by atoms with Crippen LogP contribution in [0.5, 0.6) is 0 Å². The molecule has 218 valence electrons. The minimum atomic E-state index is 0.995. The molecule has 0 fully saturated rings. The Hall–Kier alpha value is -2.75. The van der Waals surface area contributed by atoms with Crippen molar-refractivity contribution >= 4 is 17.5 Å². The standard InChI is InChI=1S/C36H54N4/c1-4-7-10-13-16-22-31-25-19-28-37-34(31)40(35-32(26-20-29-38-35)23-17-14-11-8-5-2)36-33(27-21-30-39-36)24-18-15-12-9-6-3/h19-21,25-30H,4-18,22-24H2,1-3H3. The molecule has 0 aliphatic heterocycles. The normalized spacial score (nSPS) is 11.2. The summed E-state index contributed by atoms with van der Waals surface area (Å²) in [5.74, 6) is 2.99. The van der Waals surface area contributed by atoms with Crippen LogP contribution in [0.3, 0.4) is 0 Å². The van der Waals surface area contributed by atoms with Gasteiger partial charge in [0.05, 0.1) is 0 Å². The van der Waals surface area contributed by atoms with E-state index in [4.69, 9.17) is 15.0 Å². The van der Waals surface area contributed by atoms with Gasteiger partial charge in [0, 0.05) is 18.6 Å². The molecule has 0 amide bonds. The smallest absolute Gasteiger partial charge is 0.143 e. The van der Waals surface area contributed by atoms with Crippen molar-refractivity contribution in [3.8, 4) is 0 Å². The van der Waals surface area contributed by atoms with E-state index in [0.717, 1.165) is 36.7 Å². The van der Waals surface area contributed by atoms with Gasteiger partial charge in [-0.1, -0.05) is 116 Å². The molecule has 0 N–H and O–H groups in total. The van der Waals surface area contributed by atoms with Crippen LogP contribution in [0.4, 0.5) is 17.5 Å². The zero-order valence-corrected chi connectivity index (χ0v) is 25.7. The highest BCUT2D eigenvalue weighted by atomic mass is 15.3. The number of nitrogens with zero attached hydrogens (tertiary/aromatic N) is 4. The van der Waals surface area contributed by atoms with Gasteiger partial charge in [-0.15, -0.1) is 0 Å². The molecule has 4 heteroatoms. The van der Waals surface area contributed by atoms with Crippen molar-refractivity contribution in [2.24, 2.45) is 0 Å². The van der Waals surface area contributed by atoms with E-state index >= 15 is 0 Å². The highest BCUT2D eigenvalue weighted by Gasteiger charge is 2.24. The van der Waals surface area contributed by atoms with E-state index in [-0.39, 0.29) is 0 Å². The highest BCUT2D eigenvalue weighted by Crippen LogP contribution is 2.38. The van der Waals surface area contributed by atoms with Gasteiger partial charge in [0.15, 0.2) is 0 Å². The minimum absolute atomic E-state index is 0.995. The summed E-state index contributed by atoms with van der Waals surface area (Å²) >= 11 is 0. The molecule has 0 saturated heterocycles. The Bertz CT molecular complexity index is 943. The third kappa shape index (κ3) is 10.3. The summed E-state index contributed by atoms with van der Waals surface area (Å²) in [7, 11) is 0. The molecular formula is C36H54N4. The van der Waals surface area contributed by atoms with E-state index in [1.807, 2.05) is 18.6 Å². The number of hydrogen-bond donors (Lipinski definition) is 0. The van der Waals surface area contributed by atoms with Crippen molar-refractivity contribution in [1.29, 1.82) is 0 Å². The largest absolute Gasteiger partial charge is 0.262 e. The van der Waals surface area contributed by atoms with E-state index in [1.165, 1.54) is 113 Å². The number of aromatic nitrogens is 3. The molecule has 3 aromatic rings. The van der Waals surface area contributed by atoms with Crippen LogP contribution in [0.1, 0.15) is 134 Å². The molecule has 0 atom stereocenters. The van der Waals surface area contributed by atoms with E-state index in [9.17, 15) is 0 Å². The second-order valence-electron chi connectivity index (χ2n) is 11.3. The Kier molecular flexibility index (Phi) is 15.4. The fraction of sp³-hybridized carbons (Fsp3) is 0.583. The van der Waals surface area contributed by atoms with Gasteiger partial charge < -0.3 is 0 Å². The van der Waals surface area contributed by atoms with Crippen LogP contribution in [0.25, 0.3) is 0 Å². The number of aryl methyl sites for hydroxylation is 3. The summed E-state index contributed by atoms with van der Waals surface area (Å²) in [5, 5.41) is 0. The van der Waals surface area contributed by atoms with Crippen LogP contribution in [0, 0.1) is 0 Å². The Morgan fingerprint density at radius 1 is 0.425 bits per heavy atom. The van der Waals surface area contributed by atoms with Gasteiger partial charge in [0.1, 0.15) is 17.5 Å². The van der Waals surface area contributed by atoms with Gasteiger partial charge in [-0.2, -0.15) is 0 Å². The van der Waals surface area contributed by atoms with E-state index < -0.39 is 0 Å². The molecular weight excluding hydrogens is 488 g/mol. The van der Waals surface area contributed by atoms with Gasteiger partial charge in [-0.25, -0.2) is 15.0 Å². The number of pyridine rings is 3. The fourth-order valence-electron chi connectivity index (χ4n) is 5.54. The lowest BCUT2D eigenvalue weighted by Gasteiger charge is -2.28. The highest BCUT2D eigenvalue weighted by molar-refractivity contribution is 5.75. The van der Waals surface area contributed by atoms with Crippen LogP contribution in [-0.2, 0) is 19.3 Å². The number of hydrogen-bond acceptors (Lipinski definition) is 4. The quantitative estimate of drug-likeness (QED) is 0.126. The second kappa shape index (κ2) is 19.3. The first-order chi connectivity index (χ1) is 19.8. The van der Waals surface area contributed by atoms with Crippen LogP contribution in [-0.4, -0.2) is 15.0 Å². The molecule has 3 aromatic heterocycles. The first-order valence-electron chi connectivity index (χ1n) is 16.4. The Labute approximate surface area is 245 Å². The average molecular weight is 543 g/mol. The Balaban J connectivity index is 1.97. The van der Waals surface area contributed by atoms with Crippen molar-refractivity contribution in [3.63, 3.8) is 0 Å².